The molecule has 0 aliphatic rings. The summed E-state index contributed by atoms with van der Waals surface area (Å²) in [5, 5.41) is 3.02. The monoisotopic (exact) mass is 263 g/mol. The molecule has 0 saturated heterocycles. The van der Waals surface area contributed by atoms with Gasteiger partial charge in [-0.25, -0.2) is 0 Å². The fraction of sp³-hybridized carbons (Fsp3) is 0.636. The van der Waals surface area contributed by atoms with Crippen molar-refractivity contribution in [2.45, 2.75) is 13.3 Å². The average molecular weight is 264 g/mol. The van der Waals surface area contributed by atoms with Crippen LogP contribution in [0.15, 0.2) is 11.8 Å². The van der Waals surface area contributed by atoms with E-state index in [1.54, 1.807) is 0 Å². The molecule has 0 unspecified atom stereocenters. The summed E-state index contributed by atoms with van der Waals surface area (Å²) < 4.78 is 9.09. The summed E-state index contributed by atoms with van der Waals surface area (Å²) in [6, 6.07) is 0. The molecule has 0 aromatic carbocycles. The van der Waals surface area contributed by atoms with Gasteiger partial charge in [0.2, 0.25) is 0 Å². The number of halogens is 1. The summed E-state index contributed by atoms with van der Waals surface area (Å²) in [5.41, 5.74) is 0.756. The minimum atomic E-state index is -1.04. The Labute approximate surface area is 106 Å². The predicted octanol–water partition coefficient (Wildman–Crippen LogP) is 1.07. The van der Waals surface area contributed by atoms with Crippen molar-refractivity contribution in [1.29, 1.82) is 0 Å². The summed E-state index contributed by atoms with van der Waals surface area (Å²) in [5.74, 6) is -1.88. The second-order valence-electron chi connectivity index (χ2n) is 3.19. The van der Waals surface area contributed by atoms with Gasteiger partial charge >= 0.3 is 11.9 Å². The largest absolute Gasteiger partial charge is 0.468 e. The lowest BCUT2D eigenvalue weighted by atomic mass is 10.1. The highest BCUT2D eigenvalue weighted by Crippen LogP contribution is 2.09. The van der Waals surface area contributed by atoms with E-state index >= 15 is 0 Å². The minimum Gasteiger partial charge on any atom is -0.468 e. The molecule has 0 rings (SSSR count). The van der Waals surface area contributed by atoms with Crippen molar-refractivity contribution in [3.63, 3.8) is 0 Å². The number of alkyl halides is 1. The van der Waals surface area contributed by atoms with Crippen LogP contribution in [0.4, 0.5) is 0 Å². The summed E-state index contributed by atoms with van der Waals surface area (Å²) in [7, 11) is 2.45. The van der Waals surface area contributed by atoms with Gasteiger partial charge in [0.15, 0.2) is 5.92 Å². The van der Waals surface area contributed by atoms with Crippen molar-refractivity contribution in [2.24, 2.45) is 5.92 Å². The molecule has 1 N–H and O–H groups in total. The van der Waals surface area contributed by atoms with Crippen LogP contribution in [0.25, 0.3) is 0 Å². The zero-order valence-corrected chi connectivity index (χ0v) is 11.0. The average Bonchev–Trinajstić information content (AvgIpc) is 2.37. The van der Waals surface area contributed by atoms with Crippen LogP contribution in [0, 0.1) is 5.92 Å². The maximum Gasteiger partial charge on any atom is 0.324 e. The third-order valence-corrected chi connectivity index (χ3v) is 2.29. The number of nitrogens with one attached hydrogen (secondary N) is 1. The maximum absolute atomic E-state index is 11.4. The Kier molecular flexibility index (Phi) is 8.23. The Morgan fingerprint density at radius 2 is 1.82 bits per heavy atom. The quantitative estimate of drug-likeness (QED) is 0.423. The van der Waals surface area contributed by atoms with Crippen LogP contribution in [0.5, 0.6) is 0 Å². The smallest absolute Gasteiger partial charge is 0.324 e. The van der Waals surface area contributed by atoms with Gasteiger partial charge in [0.25, 0.3) is 0 Å². The molecule has 6 heteroatoms. The van der Waals surface area contributed by atoms with Crippen molar-refractivity contribution in [2.75, 3.05) is 26.6 Å². The highest BCUT2D eigenvalue weighted by atomic mass is 35.5. The van der Waals surface area contributed by atoms with Gasteiger partial charge in [-0.05, 0) is 12.5 Å². The molecule has 0 amide bonds. The van der Waals surface area contributed by atoms with E-state index in [0.717, 1.165) is 5.70 Å². The van der Waals surface area contributed by atoms with E-state index in [1.165, 1.54) is 20.3 Å². The van der Waals surface area contributed by atoms with E-state index < -0.39 is 17.9 Å². The van der Waals surface area contributed by atoms with Crippen LogP contribution in [-0.4, -0.2) is 38.6 Å². The standard InChI is InChI=1S/C11H18ClNO4/c1-4-8(13-6-5-12)7-9(10(14)16-2)11(15)17-3/h7,9,13H,4-6H2,1-3H3. The lowest BCUT2D eigenvalue weighted by molar-refractivity contribution is -0.156. The number of hydrogen-bond donors (Lipinski definition) is 1. The first kappa shape index (κ1) is 15.8. The van der Waals surface area contributed by atoms with E-state index in [2.05, 4.69) is 14.8 Å². The minimum absolute atomic E-state index is 0.443. The van der Waals surface area contributed by atoms with Gasteiger partial charge in [-0.2, -0.15) is 0 Å². The molecule has 0 bridgehead atoms. The molecule has 0 aliphatic carbocycles. The second-order valence-corrected chi connectivity index (χ2v) is 3.56. The predicted molar refractivity (Wildman–Crippen MR) is 64.6 cm³/mol. The fourth-order valence-corrected chi connectivity index (χ4v) is 1.29. The van der Waals surface area contributed by atoms with Crippen molar-refractivity contribution in [1.82, 2.24) is 5.32 Å². The topological polar surface area (TPSA) is 64.6 Å². The van der Waals surface area contributed by atoms with Crippen molar-refractivity contribution in [3.05, 3.63) is 11.8 Å². The summed E-state index contributed by atoms with van der Waals surface area (Å²) in [4.78, 5) is 22.8. The van der Waals surface area contributed by atoms with E-state index in [4.69, 9.17) is 11.6 Å². The number of hydrogen-bond acceptors (Lipinski definition) is 5. The maximum atomic E-state index is 11.4. The molecular weight excluding hydrogens is 246 g/mol. The number of carbonyl (C=O) groups is 2. The molecule has 0 aromatic rings. The Morgan fingerprint density at radius 1 is 1.29 bits per heavy atom. The van der Waals surface area contributed by atoms with E-state index in [-0.39, 0.29) is 0 Å². The number of esters is 2. The summed E-state index contributed by atoms with van der Waals surface area (Å²) >= 11 is 5.55. The number of allylic oxidation sites excluding steroid dienone is 1. The van der Waals surface area contributed by atoms with Crippen LogP contribution in [0.1, 0.15) is 13.3 Å². The molecule has 0 aliphatic heterocycles. The SMILES string of the molecule is CCC(=CC(C(=O)OC)C(=O)OC)NCCCl. The van der Waals surface area contributed by atoms with E-state index in [0.29, 0.717) is 18.8 Å². The van der Waals surface area contributed by atoms with Gasteiger partial charge in [-0.3, -0.25) is 9.59 Å². The number of rotatable bonds is 7. The summed E-state index contributed by atoms with van der Waals surface area (Å²) in [6.45, 7) is 2.47. The Hall–Kier alpha value is -1.23. The molecule has 0 spiro atoms. The molecular formula is C11H18ClNO4. The molecule has 17 heavy (non-hydrogen) atoms. The Morgan fingerprint density at radius 3 is 2.18 bits per heavy atom. The first-order valence-electron chi connectivity index (χ1n) is 5.26. The van der Waals surface area contributed by atoms with Gasteiger partial charge in [0, 0.05) is 18.1 Å². The molecule has 0 heterocycles. The third kappa shape index (κ3) is 5.58. The first-order valence-corrected chi connectivity index (χ1v) is 5.80. The van der Waals surface area contributed by atoms with Crippen LogP contribution in [-0.2, 0) is 19.1 Å². The van der Waals surface area contributed by atoms with Gasteiger partial charge in [0.1, 0.15) is 0 Å². The molecule has 0 fully saturated rings. The van der Waals surface area contributed by atoms with Gasteiger partial charge in [-0.1, -0.05) is 6.92 Å². The lowest BCUT2D eigenvalue weighted by Crippen LogP contribution is -2.27. The molecule has 0 aromatic heterocycles. The Bertz CT molecular complexity index is 275. The number of methoxy groups -OCH3 is 2. The highest BCUT2D eigenvalue weighted by molar-refractivity contribution is 6.18. The molecule has 98 valence electrons. The lowest BCUT2D eigenvalue weighted by Gasteiger charge is -2.12. The summed E-state index contributed by atoms with van der Waals surface area (Å²) in [6.07, 6.45) is 2.16. The zero-order chi connectivity index (χ0) is 13.3. The van der Waals surface area contributed by atoms with Crippen molar-refractivity contribution >= 4 is 23.5 Å². The van der Waals surface area contributed by atoms with Gasteiger partial charge < -0.3 is 14.8 Å². The second kappa shape index (κ2) is 8.87. The highest BCUT2D eigenvalue weighted by Gasteiger charge is 2.26. The van der Waals surface area contributed by atoms with Gasteiger partial charge in [-0.15, -0.1) is 11.6 Å². The van der Waals surface area contributed by atoms with E-state index in [9.17, 15) is 9.59 Å². The van der Waals surface area contributed by atoms with E-state index in [1.807, 2.05) is 6.92 Å². The van der Waals surface area contributed by atoms with Gasteiger partial charge in [0.05, 0.1) is 14.2 Å². The van der Waals surface area contributed by atoms with Crippen LogP contribution in [0.3, 0.4) is 0 Å². The molecule has 0 saturated carbocycles. The van der Waals surface area contributed by atoms with Crippen LogP contribution in [0.2, 0.25) is 0 Å². The van der Waals surface area contributed by atoms with Crippen LogP contribution >= 0.6 is 11.6 Å². The normalized spacial score (nSPS) is 11.2. The zero-order valence-electron chi connectivity index (χ0n) is 10.3. The Balaban J connectivity index is 4.84. The number of carbonyl (C=O) groups excluding carboxylic acids is 2. The molecule has 5 nitrogen and oxygen atoms in total. The van der Waals surface area contributed by atoms with Crippen molar-refractivity contribution in [3.8, 4) is 0 Å². The molecule has 0 atom stereocenters. The first-order chi connectivity index (χ1) is 8.10. The fourth-order valence-electron chi connectivity index (χ4n) is 1.20. The van der Waals surface area contributed by atoms with Crippen LogP contribution < -0.4 is 5.32 Å². The third-order valence-electron chi connectivity index (χ3n) is 2.11. The molecule has 0 radical (unpaired) electrons. The van der Waals surface area contributed by atoms with Crippen molar-refractivity contribution < 1.29 is 19.1 Å². The number of ether oxygens (including phenoxy) is 2.